The summed E-state index contributed by atoms with van der Waals surface area (Å²) >= 11 is 0. The lowest BCUT2D eigenvalue weighted by Gasteiger charge is -2.23. The Morgan fingerprint density at radius 3 is 2.77 bits per heavy atom. The number of nitrogens with zero attached hydrogens (tertiary/aromatic N) is 2. The highest BCUT2D eigenvalue weighted by Crippen LogP contribution is 2.40. The van der Waals surface area contributed by atoms with Gasteiger partial charge in [0.2, 0.25) is 0 Å². The Bertz CT molecular complexity index is 1090. The lowest BCUT2D eigenvalue weighted by Crippen LogP contribution is -2.29. The van der Waals surface area contributed by atoms with Crippen molar-refractivity contribution < 1.29 is 23.8 Å². The zero-order chi connectivity index (χ0) is 21.1. The summed E-state index contributed by atoms with van der Waals surface area (Å²) in [6.07, 6.45) is 4.73. The Morgan fingerprint density at radius 1 is 1.20 bits per heavy atom. The standard InChI is InChI=1S/C23H20N2O5/c1-2-29-17-8-3-7-16(12-17)21(26)19-20(18-9-5-11-30-18)25(23(28)22(19)27)14-15-6-4-10-24-13-15/h3-13,20,26H,2,14H2,1H3/t20-/m1/s1. The molecule has 0 bridgehead atoms. The van der Waals surface area contributed by atoms with E-state index in [0.717, 1.165) is 5.56 Å². The van der Waals surface area contributed by atoms with E-state index in [1.807, 2.05) is 13.0 Å². The number of amides is 1. The topological polar surface area (TPSA) is 92.9 Å². The Labute approximate surface area is 173 Å². The van der Waals surface area contributed by atoms with Gasteiger partial charge in [0.15, 0.2) is 0 Å². The van der Waals surface area contributed by atoms with Gasteiger partial charge in [0, 0.05) is 24.5 Å². The second-order valence-corrected chi connectivity index (χ2v) is 6.76. The predicted octanol–water partition coefficient (Wildman–Crippen LogP) is 3.70. The minimum absolute atomic E-state index is 0.0208. The number of furan rings is 1. The number of aliphatic hydroxyl groups is 1. The first-order valence-electron chi connectivity index (χ1n) is 9.54. The summed E-state index contributed by atoms with van der Waals surface area (Å²) in [7, 11) is 0. The first kappa shape index (κ1) is 19.4. The lowest BCUT2D eigenvalue weighted by atomic mass is 9.99. The molecule has 1 N–H and O–H groups in total. The molecule has 2 aromatic heterocycles. The molecule has 1 aromatic carbocycles. The van der Waals surface area contributed by atoms with Gasteiger partial charge in [0.05, 0.1) is 18.4 Å². The molecule has 7 heteroatoms. The summed E-state index contributed by atoms with van der Waals surface area (Å²) in [4.78, 5) is 31.3. The highest BCUT2D eigenvalue weighted by Gasteiger charge is 2.47. The molecule has 0 radical (unpaired) electrons. The van der Waals surface area contributed by atoms with E-state index >= 15 is 0 Å². The van der Waals surface area contributed by atoms with Crippen LogP contribution in [0.1, 0.15) is 29.9 Å². The number of hydrogen-bond acceptors (Lipinski definition) is 6. The fraction of sp³-hybridized carbons (Fsp3) is 0.174. The number of aromatic nitrogens is 1. The minimum Gasteiger partial charge on any atom is -0.507 e. The fourth-order valence-corrected chi connectivity index (χ4v) is 3.53. The molecular weight excluding hydrogens is 384 g/mol. The molecule has 1 amide bonds. The van der Waals surface area contributed by atoms with Crippen molar-refractivity contribution in [2.75, 3.05) is 6.61 Å². The average molecular weight is 404 g/mol. The molecule has 0 unspecified atom stereocenters. The van der Waals surface area contributed by atoms with Crippen LogP contribution in [-0.4, -0.2) is 33.3 Å². The van der Waals surface area contributed by atoms with Gasteiger partial charge in [0.25, 0.3) is 11.7 Å². The number of hydrogen-bond donors (Lipinski definition) is 1. The molecule has 152 valence electrons. The summed E-state index contributed by atoms with van der Waals surface area (Å²) in [5, 5.41) is 11.0. The number of carbonyl (C=O) groups is 2. The van der Waals surface area contributed by atoms with Crippen LogP contribution < -0.4 is 4.74 Å². The normalized spacial score (nSPS) is 18.0. The van der Waals surface area contributed by atoms with Crippen LogP contribution in [0.5, 0.6) is 5.75 Å². The van der Waals surface area contributed by atoms with E-state index in [9.17, 15) is 14.7 Å². The number of ketones is 1. The van der Waals surface area contributed by atoms with Gasteiger partial charge in [-0.3, -0.25) is 14.6 Å². The molecule has 3 heterocycles. The highest BCUT2D eigenvalue weighted by atomic mass is 16.5. The van der Waals surface area contributed by atoms with Crippen LogP contribution in [0.4, 0.5) is 0 Å². The van der Waals surface area contributed by atoms with E-state index in [2.05, 4.69) is 4.98 Å². The SMILES string of the molecule is CCOc1cccc(C(O)=C2C(=O)C(=O)N(Cc3cccnc3)[C@@H]2c2ccco2)c1. The summed E-state index contributed by atoms with van der Waals surface area (Å²) in [5.41, 5.74) is 1.12. The van der Waals surface area contributed by atoms with Crippen molar-refractivity contribution in [1.29, 1.82) is 0 Å². The summed E-state index contributed by atoms with van der Waals surface area (Å²) in [5.74, 6) is -0.798. The van der Waals surface area contributed by atoms with Crippen molar-refractivity contribution in [2.45, 2.75) is 19.5 Å². The molecule has 4 rings (SSSR count). The van der Waals surface area contributed by atoms with Crippen molar-refractivity contribution in [3.8, 4) is 5.75 Å². The number of benzene rings is 1. The highest BCUT2D eigenvalue weighted by molar-refractivity contribution is 6.46. The number of aliphatic hydroxyl groups excluding tert-OH is 1. The minimum atomic E-state index is -0.851. The molecule has 1 fully saturated rings. The number of rotatable bonds is 6. The lowest BCUT2D eigenvalue weighted by molar-refractivity contribution is -0.140. The third-order valence-corrected chi connectivity index (χ3v) is 4.85. The van der Waals surface area contributed by atoms with Crippen molar-refractivity contribution in [1.82, 2.24) is 9.88 Å². The molecule has 1 saturated heterocycles. The second-order valence-electron chi connectivity index (χ2n) is 6.76. The van der Waals surface area contributed by atoms with Crippen LogP contribution in [0.15, 0.2) is 77.2 Å². The van der Waals surface area contributed by atoms with Gasteiger partial charge in [-0.2, -0.15) is 0 Å². The van der Waals surface area contributed by atoms with Crippen LogP contribution in [-0.2, 0) is 16.1 Å². The third-order valence-electron chi connectivity index (χ3n) is 4.85. The number of pyridine rings is 1. The summed E-state index contributed by atoms with van der Waals surface area (Å²) in [6.45, 7) is 2.47. The molecule has 1 aliphatic heterocycles. The van der Waals surface area contributed by atoms with Gasteiger partial charge < -0.3 is 19.2 Å². The molecule has 1 atom stereocenters. The summed E-state index contributed by atoms with van der Waals surface area (Å²) in [6, 6.07) is 12.8. The van der Waals surface area contributed by atoms with Crippen LogP contribution in [0.3, 0.4) is 0 Å². The van der Waals surface area contributed by atoms with E-state index in [-0.39, 0.29) is 17.9 Å². The zero-order valence-electron chi connectivity index (χ0n) is 16.3. The van der Waals surface area contributed by atoms with Gasteiger partial charge in [-0.25, -0.2) is 0 Å². The van der Waals surface area contributed by atoms with Crippen LogP contribution >= 0.6 is 0 Å². The Balaban J connectivity index is 1.81. The molecule has 0 saturated carbocycles. The first-order valence-corrected chi connectivity index (χ1v) is 9.54. The van der Waals surface area contributed by atoms with Gasteiger partial charge in [-0.1, -0.05) is 18.2 Å². The number of carbonyl (C=O) groups excluding carboxylic acids is 2. The molecule has 7 nitrogen and oxygen atoms in total. The van der Waals surface area contributed by atoms with Crippen molar-refractivity contribution >= 4 is 17.4 Å². The monoisotopic (exact) mass is 404 g/mol. The van der Waals surface area contributed by atoms with Crippen molar-refractivity contribution in [2.24, 2.45) is 0 Å². The van der Waals surface area contributed by atoms with E-state index in [0.29, 0.717) is 23.7 Å². The maximum Gasteiger partial charge on any atom is 0.296 e. The van der Waals surface area contributed by atoms with Crippen LogP contribution in [0.2, 0.25) is 0 Å². The number of likely N-dealkylation sites (tertiary alicyclic amines) is 1. The van der Waals surface area contributed by atoms with E-state index in [4.69, 9.17) is 9.15 Å². The summed E-state index contributed by atoms with van der Waals surface area (Å²) < 4.78 is 11.0. The Morgan fingerprint density at radius 2 is 2.07 bits per heavy atom. The second kappa shape index (κ2) is 8.24. The number of ether oxygens (including phenoxy) is 1. The quantitative estimate of drug-likeness (QED) is 0.383. The number of Topliss-reactive ketones (excluding diaryl/α,β-unsaturated/α-hetero) is 1. The van der Waals surface area contributed by atoms with Gasteiger partial charge >= 0.3 is 0 Å². The maximum atomic E-state index is 12.9. The van der Waals surface area contributed by atoms with Crippen LogP contribution in [0, 0.1) is 0 Å². The smallest absolute Gasteiger partial charge is 0.296 e. The maximum absolute atomic E-state index is 12.9. The van der Waals surface area contributed by atoms with Gasteiger partial charge in [-0.15, -0.1) is 0 Å². The van der Waals surface area contributed by atoms with Crippen molar-refractivity contribution in [3.63, 3.8) is 0 Å². The van der Waals surface area contributed by atoms with Gasteiger partial charge in [-0.05, 0) is 42.8 Å². The van der Waals surface area contributed by atoms with E-state index < -0.39 is 17.7 Å². The molecule has 0 aliphatic carbocycles. The van der Waals surface area contributed by atoms with E-state index in [1.165, 1.54) is 11.2 Å². The third kappa shape index (κ3) is 3.57. The largest absolute Gasteiger partial charge is 0.507 e. The zero-order valence-corrected chi connectivity index (χ0v) is 16.3. The Kier molecular flexibility index (Phi) is 5.34. The first-order chi connectivity index (χ1) is 14.6. The molecule has 0 spiro atoms. The van der Waals surface area contributed by atoms with E-state index in [1.54, 1.807) is 54.9 Å². The molecule has 3 aromatic rings. The predicted molar refractivity (Wildman–Crippen MR) is 108 cm³/mol. The molecule has 30 heavy (non-hydrogen) atoms. The van der Waals surface area contributed by atoms with Crippen LogP contribution in [0.25, 0.3) is 5.76 Å². The molecule has 1 aliphatic rings. The molecular formula is C23H20N2O5. The average Bonchev–Trinajstić information content (AvgIpc) is 3.37. The fourth-order valence-electron chi connectivity index (χ4n) is 3.53. The van der Waals surface area contributed by atoms with Crippen molar-refractivity contribution in [3.05, 3.63) is 89.6 Å². The Hall–Kier alpha value is -3.87. The van der Waals surface area contributed by atoms with Gasteiger partial charge in [0.1, 0.15) is 23.3 Å².